The number of carbonyl (C=O) groups is 2. The lowest BCUT2D eigenvalue weighted by atomic mass is 10.2. The molecular weight excluding hydrogens is 306 g/mol. The van der Waals surface area contributed by atoms with Gasteiger partial charge in [-0.15, -0.1) is 11.3 Å². The van der Waals surface area contributed by atoms with Crippen molar-refractivity contribution in [1.29, 1.82) is 0 Å². The van der Waals surface area contributed by atoms with Gasteiger partial charge in [-0.3, -0.25) is 9.59 Å². The minimum absolute atomic E-state index is 0.193. The maximum atomic E-state index is 12.1. The van der Waals surface area contributed by atoms with Crippen LogP contribution in [0.25, 0.3) is 0 Å². The molecule has 0 atom stereocenters. The highest BCUT2D eigenvalue weighted by Gasteiger charge is 2.28. The van der Waals surface area contributed by atoms with Crippen molar-refractivity contribution in [2.75, 3.05) is 13.1 Å². The summed E-state index contributed by atoms with van der Waals surface area (Å²) in [6.07, 6.45) is 2.19. The highest BCUT2D eigenvalue weighted by Crippen LogP contribution is 2.30. The largest absolute Gasteiger partial charge is 0.480 e. The zero-order valence-electron chi connectivity index (χ0n) is 9.06. The van der Waals surface area contributed by atoms with Gasteiger partial charge >= 0.3 is 5.97 Å². The maximum Gasteiger partial charge on any atom is 0.323 e. The van der Waals surface area contributed by atoms with Crippen molar-refractivity contribution in [2.45, 2.75) is 12.8 Å². The highest BCUT2D eigenvalue weighted by molar-refractivity contribution is 9.11. The molecule has 1 aliphatic carbocycles. The Morgan fingerprint density at radius 2 is 2.24 bits per heavy atom. The predicted octanol–water partition coefficient (Wildman–Crippen LogP) is 2.45. The number of nitrogens with zero attached hydrogens (tertiary/aromatic N) is 1. The SMILES string of the molecule is O=C(O)CN(CC1CC1)C(=O)c1csc(Br)c1. The van der Waals surface area contributed by atoms with Crippen molar-refractivity contribution < 1.29 is 14.7 Å². The van der Waals surface area contributed by atoms with Crippen LogP contribution in [-0.4, -0.2) is 35.0 Å². The topological polar surface area (TPSA) is 57.6 Å². The number of hydrogen-bond donors (Lipinski definition) is 1. The molecule has 2 rings (SSSR count). The Hall–Kier alpha value is -0.880. The van der Waals surface area contributed by atoms with Gasteiger partial charge in [-0.1, -0.05) is 0 Å². The van der Waals surface area contributed by atoms with Crippen molar-refractivity contribution in [2.24, 2.45) is 5.92 Å². The third kappa shape index (κ3) is 3.54. The first-order valence-electron chi connectivity index (χ1n) is 5.31. The summed E-state index contributed by atoms with van der Waals surface area (Å²) in [6, 6.07) is 1.73. The fourth-order valence-corrected chi connectivity index (χ4v) is 2.73. The van der Waals surface area contributed by atoms with E-state index in [9.17, 15) is 9.59 Å². The van der Waals surface area contributed by atoms with Crippen LogP contribution in [0.2, 0.25) is 0 Å². The summed E-state index contributed by atoms with van der Waals surface area (Å²) >= 11 is 4.72. The first kappa shape index (κ1) is 12.6. The number of hydrogen-bond acceptors (Lipinski definition) is 3. The van der Waals surface area contributed by atoms with E-state index in [1.165, 1.54) is 16.2 Å². The van der Waals surface area contributed by atoms with Crippen LogP contribution in [0.5, 0.6) is 0 Å². The fraction of sp³-hybridized carbons (Fsp3) is 0.455. The van der Waals surface area contributed by atoms with Crippen LogP contribution >= 0.6 is 27.3 Å². The van der Waals surface area contributed by atoms with Crippen molar-refractivity contribution in [1.82, 2.24) is 4.90 Å². The van der Waals surface area contributed by atoms with Crippen LogP contribution in [0.1, 0.15) is 23.2 Å². The molecule has 1 heterocycles. The number of amides is 1. The summed E-state index contributed by atoms with van der Waals surface area (Å²) < 4.78 is 0.877. The number of thiophene rings is 1. The third-order valence-electron chi connectivity index (χ3n) is 2.60. The van der Waals surface area contributed by atoms with Gasteiger partial charge in [0.1, 0.15) is 6.54 Å². The second-order valence-electron chi connectivity index (χ2n) is 4.16. The van der Waals surface area contributed by atoms with Crippen molar-refractivity contribution in [3.63, 3.8) is 0 Å². The zero-order chi connectivity index (χ0) is 12.4. The van der Waals surface area contributed by atoms with Crippen LogP contribution in [0.3, 0.4) is 0 Å². The van der Waals surface area contributed by atoms with E-state index in [2.05, 4.69) is 15.9 Å². The molecule has 1 saturated carbocycles. The summed E-state index contributed by atoms with van der Waals surface area (Å²) in [4.78, 5) is 24.3. The Morgan fingerprint density at radius 3 is 2.71 bits per heavy atom. The molecule has 0 unspecified atom stereocenters. The van der Waals surface area contributed by atoms with Crippen LogP contribution in [-0.2, 0) is 4.79 Å². The molecule has 0 spiro atoms. The fourth-order valence-electron chi connectivity index (χ4n) is 1.60. The molecule has 4 nitrogen and oxygen atoms in total. The number of carboxylic acids is 1. The molecule has 1 aliphatic rings. The van der Waals surface area contributed by atoms with E-state index >= 15 is 0 Å². The minimum atomic E-state index is -0.965. The Morgan fingerprint density at radius 1 is 1.53 bits per heavy atom. The molecule has 0 radical (unpaired) electrons. The quantitative estimate of drug-likeness (QED) is 0.907. The second kappa shape index (κ2) is 5.18. The monoisotopic (exact) mass is 317 g/mol. The van der Waals surface area contributed by atoms with Crippen molar-refractivity contribution in [3.05, 3.63) is 20.8 Å². The first-order valence-corrected chi connectivity index (χ1v) is 6.98. The van der Waals surface area contributed by atoms with Crippen LogP contribution in [0.4, 0.5) is 0 Å². The van der Waals surface area contributed by atoms with E-state index in [4.69, 9.17) is 5.11 Å². The number of halogens is 1. The second-order valence-corrected chi connectivity index (χ2v) is 6.45. The van der Waals surface area contributed by atoms with Gasteiger partial charge in [-0.25, -0.2) is 0 Å². The van der Waals surface area contributed by atoms with Crippen LogP contribution in [0, 0.1) is 5.92 Å². The number of carboxylic acid groups (broad SMARTS) is 1. The Labute approximate surface area is 111 Å². The lowest BCUT2D eigenvalue weighted by Gasteiger charge is -2.19. The van der Waals surface area contributed by atoms with Gasteiger partial charge in [0.15, 0.2) is 0 Å². The standard InChI is InChI=1S/C11H12BrNO3S/c12-9-3-8(6-17-9)11(16)13(5-10(14)15)4-7-1-2-7/h3,6-7H,1-2,4-5H2,(H,14,15). The summed E-state index contributed by atoms with van der Waals surface area (Å²) in [7, 11) is 0. The van der Waals surface area contributed by atoms with E-state index in [1.54, 1.807) is 11.4 Å². The highest BCUT2D eigenvalue weighted by atomic mass is 79.9. The summed E-state index contributed by atoms with van der Waals surface area (Å²) in [5.74, 6) is -0.671. The molecule has 1 amide bonds. The Kier molecular flexibility index (Phi) is 3.83. The predicted molar refractivity (Wildman–Crippen MR) is 68.3 cm³/mol. The van der Waals surface area contributed by atoms with Gasteiger partial charge in [-0.2, -0.15) is 0 Å². The lowest BCUT2D eigenvalue weighted by molar-refractivity contribution is -0.137. The Balaban J connectivity index is 2.07. The average Bonchev–Trinajstić information content (AvgIpc) is 2.96. The molecule has 1 aromatic rings. The summed E-state index contributed by atoms with van der Waals surface area (Å²) in [5.41, 5.74) is 0.559. The molecule has 17 heavy (non-hydrogen) atoms. The molecule has 0 saturated heterocycles. The van der Waals surface area contributed by atoms with E-state index in [0.29, 0.717) is 18.0 Å². The number of rotatable bonds is 5. The molecule has 0 bridgehead atoms. The molecular formula is C11H12BrNO3S. The first-order chi connectivity index (χ1) is 8.06. The van der Waals surface area contributed by atoms with Gasteiger partial charge < -0.3 is 10.0 Å². The molecule has 0 aromatic carbocycles. The van der Waals surface area contributed by atoms with Gasteiger partial charge in [0.2, 0.25) is 0 Å². The molecule has 92 valence electrons. The number of aliphatic carboxylic acids is 1. The Bertz CT molecular complexity index is 442. The average molecular weight is 318 g/mol. The zero-order valence-corrected chi connectivity index (χ0v) is 11.5. The molecule has 1 fully saturated rings. The minimum Gasteiger partial charge on any atom is -0.480 e. The van der Waals surface area contributed by atoms with E-state index in [1.807, 2.05) is 0 Å². The lowest BCUT2D eigenvalue weighted by Crippen LogP contribution is -2.37. The van der Waals surface area contributed by atoms with E-state index in [-0.39, 0.29) is 12.5 Å². The van der Waals surface area contributed by atoms with Crippen molar-refractivity contribution in [3.8, 4) is 0 Å². The van der Waals surface area contributed by atoms with E-state index < -0.39 is 5.97 Å². The van der Waals surface area contributed by atoms with E-state index in [0.717, 1.165) is 16.6 Å². The molecule has 6 heteroatoms. The molecule has 0 aliphatic heterocycles. The van der Waals surface area contributed by atoms with Crippen molar-refractivity contribution >= 4 is 39.1 Å². The molecule has 1 aromatic heterocycles. The van der Waals surface area contributed by atoms with Gasteiger partial charge in [0, 0.05) is 11.9 Å². The number of carbonyl (C=O) groups excluding carboxylic acids is 1. The van der Waals surface area contributed by atoms with Crippen LogP contribution < -0.4 is 0 Å². The normalized spacial score (nSPS) is 14.6. The molecule has 1 N–H and O–H groups in total. The van der Waals surface area contributed by atoms with Crippen LogP contribution in [0.15, 0.2) is 15.2 Å². The summed E-state index contributed by atoms with van der Waals surface area (Å²) in [6.45, 7) is 0.335. The van der Waals surface area contributed by atoms with Gasteiger partial charge in [-0.05, 0) is 40.8 Å². The third-order valence-corrected chi connectivity index (χ3v) is 4.11. The maximum absolute atomic E-state index is 12.1. The smallest absolute Gasteiger partial charge is 0.323 e. The van der Waals surface area contributed by atoms with Gasteiger partial charge in [0.25, 0.3) is 5.91 Å². The summed E-state index contributed by atoms with van der Waals surface area (Å²) in [5, 5.41) is 10.6. The van der Waals surface area contributed by atoms with Gasteiger partial charge in [0.05, 0.1) is 9.35 Å².